The fourth-order valence-electron chi connectivity index (χ4n) is 0.671. The van der Waals surface area contributed by atoms with Crippen molar-refractivity contribution in [2.75, 3.05) is 0 Å². The van der Waals surface area contributed by atoms with Gasteiger partial charge in [-0.15, -0.1) is 0 Å². The molecule has 0 aromatic carbocycles. The Morgan fingerprint density at radius 3 is 2.83 bits per heavy atom. The first-order valence-electron chi connectivity index (χ1n) is 2.94. The van der Waals surface area contributed by atoms with Crippen LogP contribution in [-0.4, -0.2) is 16.1 Å². The molecule has 1 N–H and O–H groups in total. The van der Waals surface area contributed by atoms with Crippen LogP contribution in [0.5, 0.6) is 0 Å². The van der Waals surface area contributed by atoms with Crippen molar-refractivity contribution in [1.29, 1.82) is 5.26 Å². The number of carboxylic acids is 1. The second-order valence-electron chi connectivity index (χ2n) is 1.98. The van der Waals surface area contributed by atoms with Crippen molar-refractivity contribution in [2.45, 2.75) is 0 Å². The topological polar surface area (TPSA) is 74.0 Å². The number of nitrogens with zero attached hydrogens (tertiary/aromatic N) is 2. The predicted octanol–water partition coefficient (Wildman–Crippen LogP) is 1.26. The summed E-state index contributed by atoms with van der Waals surface area (Å²) in [5.74, 6) is -1.12. The van der Waals surface area contributed by atoms with Crippen molar-refractivity contribution in [3.05, 3.63) is 27.1 Å². The van der Waals surface area contributed by atoms with Gasteiger partial charge in [0.2, 0.25) is 0 Å². The van der Waals surface area contributed by atoms with E-state index in [1.165, 1.54) is 12.1 Å². The predicted molar refractivity (Wildman–Crippen MR) is 48.6 cm³/mol. The SMILES string of the molecule is N#Cc1cc(I)nc(C(=O)O)c1. The Kier molecular flexibility index (Phi) is 2.60. The lowest BCUT2D eigenvalue weighted by Gasteiger charge is -1.95. The molecule has 0 unspecified atom stereocenters. The zero-order chi connectivity index (χ0) is 9.14. The maximum absolute atomic E-state index is 10.4. The van der Waals surface area contributed by atoms with E-state index in [2.05, 4.69) is 4.98 Å². The normalized spacial score (nSPS) is 9.00. The first kappa shape index (κ1) is 8.93. The van der Waals surface area contributed by atoms with Crippen LogP contribution < -0.4 is 0 Å². The van der Waals surface area contributed by atoms with Crippen LogP contribution in [0.25, 0.3) is 0 Å². The highest BCUT2D eigenvalue weighted by Crippen LogP contribution is 2.07. The van der Waals surface area contributed by atoms with Gasteiger partial charge in [-0.2, -0.15) is 5.26 Å². The fourth-order valence-corrected chi connectivity index (χ4v) is 1.27. The minimum absolute atomic E-state index is 0.0987. The molecule has 0 aliphatic heterocycles. The molecule has 1 aromatic rings. The molecular weight excluding hydrogens is 271 g/mol. The maximum atomic E-state index is 10.4. The van der Waals surface area contributed by atoms with Crippen LogP contribution in [0, 0.1) is 15.0 Å². The third kappa shape index (κ3) is 1.92. The minimum atomic E-state index is -1.12. The number of aromatic nitrogens is 1. The number of pyridine rings is 1. The van der Waals surface area contributed by atoms with Crippen molar-refractivity contribution in [2.24, 2.45) is 0 Å². The number of carboxylic acid groups (broad SMARTS) is 1. The van der Waals surface area contributed by atoms with E-state index in [4.69, 9.17) is 10.4 Å². The summed E-state index contributed by atoms with van der Waals surface area (Å²) < 4.78 is 0.504. The molecule has 60 valence electrons. The first-order valence-corrected chi connectivity index (χ1v) is 4.02. The molecule has 1 heterocycles. The van der Waals surface area contributed by atoms with E-state index in [0.717, 1.165) is 0 Å². The number of hydrogen-bond donors (Lipinski definition) is 1. The number of halogens is 1. The van der Waals surface area contributed by atoms with Gasteiger partial charge in [-0.25, -0.2) is 9.78 Å². The Morgan fingerprint density at radius 2 is 2.33 bits per heavy atom. The van der Waals surface area contributed by atoms with Crippen molar-refractivity contribution in [1.82, 2.24) is 4.98 Å². The van der Waals surface area contributed by atoms with E-state index in [1.807, 2.05) is 28.7 Å². The molecule has 0 spiro atoms. The highest BCUT2D eigenvalue weighted by molar-refractivity contribution is 14.1. The summed E-state index contributed by atoms with van der Waals surface area (Å²) in [5.41, 5.74) is 0.213. The highest BCUT2D eigenvalue weighted by Gasteiger charge is 2.06. The van der Waals surface area contributed by atoms with Crippen LogP contribution in [0.2, 0.25) is 0 Å². The Morgan fingerprint density at radius 1 is 1.67 bits per heavy atom. The van der Waals surface area contributed by atoms with Gasteiger partial charge >= 0.3 is 5.97 Å². The molecule has 1 rings (SSSR count). The van der Waals surface area contributed by atoms with Crippen LogP contribution in [-0.2, 0) is 0 Å². The lowest BCUT2D eigenvalue weighted by Crippen LogP contribution is -2.01. The summed E-state index contributed by atoms with van der Waals surface area (Å²) in [6.07, 6.45) is 0. The summed E-state index contributed by atoms with van der Waals surface area (Å²) in [7, 11) is 0. The molecule has 1 aromatic heterocycles. The van der Waals surface area contributed by atoms with Gasteiger partial charge in [-0.05, 0) is 34.7 Å². The molecule has 0 atom stereocenters. The number of carbonyl (C=O) groups is 1. The fraction of sp³-hybridized carbons (Fsp3) is 0. The molecule has 0 bridgehead atoms. The lowest BCUT2D eigenvalue weighted by atomic mass is 10.2. The number of aromatic carboxylic acids is 1. The molecule has 0 aliphatic rings. The standard InChI is InChI=1S/C7H3IN2O2/c8-6-2-4(3-9)1-5(10-6)7(11)12/h1-2H,(H,11,12). The van der Waals surface area contributed by atoms with Crippen molar-refractivity contribution < 1.29 is 9.90 Å². The number of nitriles is 1. The molecule has 5 heteroatoms. The van der Waals surface area contributed by atoms with Crippen molar-refractivity contribution in [3.8, 4) is 6.07 Å². The summed E-state index contributed by atoms with van der Waals surface area (Å²) in [6, 6.07) is 4.62. The Balaban J connectivity index is 3.26. The molecule has 4 nitrogen and oxygen atoms in total. The van der Waals surface area contributed by atoms with E-state index in [1.54, 1.807) is 0 Å². The van der Waals surface area contributed by atoms with E-state index in [0.29, 0.717) is 9.26 Å². The van der Waals surface area contributed by atoms with Gasteiger partial charge in [0.25, 0.3) is 0 Å². The van der Waals surface area contributed by atoms with Gasteiger partial charge in [0, 0.05) is 0 Å². The number of hydrogen-bond acceptors (Lipinski definition) is 3. The van der Waals surface area contributed by atoms with E-state index >= 15 is 0 Å². The summed E-state index contributed by atoms with van der Waals surface area (Å²) >= 11 is 1.86. The van der Waals surface area contributed by atoms with Gasteiger partial charge in [0.1, 0.15) is 3.70 Å². The smallest absolute Gasteiger partial charge is 0.354 e. The van der Waals surface area contributed by atoms with Crippen LogP contribution in [0.15, 0.2) is 12.1 Å². The minimum Gasteiger partial charge on any atom is -0.477 e. The summed E-state index contributed by atoms with van der Waals surface area (Å²) in [5, 5.41) is 17.0. The monoisotopic (exact) mass is 274 g/mol. The molecule has 0 fully saturated rings. The zero-order valence-electron chi connectivity index (χ0n) is 5.78. The van der Waals surface area contributed by atoms with Gasteiger partial charge in [0.05, 0.1) is 11.6 Å². The van der Waals surface area contributed by atoms with E-state index in [-0.39, 0.29) is 5.69 Å². The largest absolute Gasteiger partial charge is 0.477 e. The summed E-state index contributed by atoms with van der Waals surface area (Å²) in [4.78, 5) is 14.2. The average Bonchev–Trinajstić information content (AvgIpc) is 2.03. The third-order valence-corrected chi connectivity index (χ3v) is 1.69. The van der Waals surface area contributed by atoms with Gasteiger partial charge in [-0.3, -0.25) is 0 Å². The van der Waals surface area contributed by atoms with Crippen LogP contribution in [0.3, 0.4) is 0 Å². The maximum Gasteiger partial charge on any atom is 0.354 e. The number of rotatable bonds is 1. The quantitative estimate of drug-likeness (QED) is 0.618. The Hall–Kier alpha value is -1.16. The lowest BCUT2D eigenvalue weighted by molar-refractivity contribution is 0.0690. The Bertz CT molecular complexity index is 370. The van der Waals surface area contributed by atoms with Gasteiger partial charge in [-0.1, -0.05) is 0 Å². The molecule has 0 amide bonds. The van der Waals surface area contributed by atoms with Crippen LogP contribution >= 0.6 is 22.6 Å². The molecule has 0 saturated heterocycles. The average molecular weight is 274 g/mol. The Labute approximate surface area is 82.0 Å². The van der Waals surface area contributed by atoms with E-state index in [9.17, 15) is 4.79 Å². The van der Waals surface area contributed by atoms with Crippen LogP contribution in [0.4, 0.5) is 0 Å². The second-order valence-corrected chi connectivity index (χ2v) is 3.09. The molecule has 0 saturated carbocycles. The van der Waals surface area contributed by atoms with Gasteiger partial charge in [0.15, 0.2) is 5.69 Å². The highest BCUT2D eigenvalue weighted by atomic mass is 127. The van der Waals surface area contributed by atoms with Crippen molar-refractivity contribution >= 4 is 28.6 Å². The second kappa shape index (κ2) is 3.49. The third-order valence-electron chi connectivity index (χ3n) is 1.14. The molecule has 0 aliphatic carbocycles. The first-order chi connectivity index (χ1) is 5.63. The summed E-state index contributed by atoms with van der Waals surface area (Å²) in [6.45, 7) is 0. The van der Waals surface area contributed by atoms with Crippen LogP contribution in [0.1, 0.15) is 16.1 Å². The molecule has 12 heavy (non-hydrogen) atoms. The van der Waals surface area contributed by atoms with Crippen molar-refractivity contribution in [3.63, 3.8) is 0 Å². The molecular formula is C7H3IN2O2. The van der Waals surface area contributed by atoms with Gasteiger partial charge < -0.3 is 5.11 Å². The molecule has 0 radical (unpaired) electrons. The zero-order valence-corrected chi connectivity index (χ0v) is 7.94. The van der Waals surface area contributed by atoms with E-state index < -0.39 is 5.97 Å².